The molecule has 2 atom stereocenters. The lowest BCUT2D eigenvalue weighted by Gasteiger charge is -2.29. The molecule has 21 heavy (non-hydrogen) atoms. The molecular formula is C15H27N3O3. The van der Waals surface area contributed by atoms with Gasteiger partial charge in [-0.3, -0.25) is 0 Å². The maximum atomic E-state index is 12.1. The number of aromatic nitrogens is 1. The van der Waals surface area contributed by atoms with E-state index in [0.717, 1.165) is 23.4 Å². The van der Waals surface area contributed by atoms with Crippen LogP contribution in [0, 0.1) is 13.8 Å². The highest BCUT2D eigenvalue weighted by molar-refractivity contribution is 5.75. The molecule has 2 unspecified atom stereocenters. The van der Waals surface area contributed by atoms with E-state index >= 15 is 0 Å². The van der Waals surface area contributed by atoms with Crippen LogP contribution < -0.4 is 10.6 Å². The zero-order valence-electron chi connectivity index (χ0n) is 13.6. The number of aliphatic hydroxyl groups is 1. The summed E-state index contributed by atoms with van der Waals surface area (Å²) < 4.78 is 5.12. The van der Waals surface area contributed by atoms with Crippen LogP contribution >= 0.6 is 0 Å². The number of urea groups is 1. The standard InChI is InChI=1S/C15H27N3O3/c1-6-15(5,7-8-19)17-14(20)16-10(2)9-13-11(3)18-21-12(13)4/h10,19H,6-9H2,1-5H3,(H2,16,17,20). The Bertz CT molecular complexity index is 453. The first kappa shape index (κ1) is 17.5. The van der Waals surface area contributed by atoms with Crippen molar-refractivity contribution in [3.8, 4) is 0 Å². The SMILES string of the molecule is CCC(C)(CCO)NC(=O)NC(C)Cc1c(C)noc1C. The van der Waals surface area contributed by atoms with Gasteiger partial charge in [0.2, 0.25) is 0 Å². The molecule has 2 amide bonds. The molecule has 6 nitrogen and oxygen atoms in total. The number of aliphatic hydroxyl groups excluding tert-OH is 1. The molecule has 0 saturated carbocycles. The number of amides is 2. The van der Waals surface area contributed by atoms with Crippen molar-refractivity contribution in [1.82, 2.24) is 15.8 Å². The average Bonchev–Trinajstić information content (AvgIpc) is 2.70. The number of nitrogens with zero attached hydrogens (tertiary/aromatic N) is 1. The van der Waals surface area contributed by atoms with Crippen molar-refractivity contribution >= 4 is 6.03 Å². The van der Waals surface area contributed by atoms with E-state index in [4.69, 9.17) is 9.63 Å². The minimum Gasteiger partial charge on any atom is -0.396 e. The van der Waals surface area contributed by atoms with Gasteiger partial charge in [-0.1, -0.05) is 12.1 Å². The molecule has 0 bridgehead atoms. The molecular weight excluding hydrogens is 270 g/mol. The van der Waals surface area contributed by atoms with Gasteiger partial charge in [-0.2, -0.15) is 0 Å². The molecule has 0 aliphatic carbocycles. The van der Waals surface area contributed by atoms with E-state index in [2.05, 4.69) is 15.8 Å². The maximum absolute atomic E-state index is 12.1. The van der Waals surface area contributed by atoms with E-state index in [9.17, 15) is 4.79 Å². The van der Waals surface area contributed by atoms with E-state index in [1.807, 2.05) is 34.6 Å². The van der Waals surface area contributed by atoms with Crippen molar-refractivity contribution in [1.29, 1.82) is 0 Å². The van der Waals surface area contributed by atoms with Crippen LogP contribution in [0.3, 0.4) is 0 Å². The summed E-state index contributed by atoms with van der Waals surface area (Å²) in [6, 6.07) is -0.246. The van der Waals surface area contributed by atoms with Crippen LogP contribution in [0.2, 0.25) is 0 Å². The highest BCUT2D eigenvalue weighted by atomic mass is 16.5. The normalized spacial score (nSPS) is 15.3. The lowest BCUT2D eigenvalue weighted by Crippen LogP contribution is -2.52. The first-order valence-corrected chi connectivity index (χ1v) is 7.42. The molecule has 120 valence electrons. The monoisotopic (exact) mass is 297 g/mol. The predicted molar refractivity (Wildman–Crippen MR) is 81.2 cm³/mol. The molecule has 0 aromatic carbocycles. The van der Waals surface area contributed by atoms with Crippen LogP contribution in [0.5, 0.6) is 0 Å². The molecule has 0 radical (unpaired) electrons. The molecule has 0 aliphatic heterocycles. The fourth-order valence-electron chi connectivity index (χ4n) is 2.26. The molecule has 0 spiro atoms. The lowest BCUT2D eigenvalue weighted by atomic mass is 9.95. The number of rotatable bonds is 7. The summed E-state index contributed by atoms with van der Waals surface area (Å²) in [6.45, 7) is 9.69. The Balaban J connectivity index is 2.54. The van der Waals surface area contributed by atoms with Gasteiger partial charge in [0.15, 0.2) is 0 Å². The van der Waals surface area contributed by atoms with E-state index in [-0.39, 0.29) is 24.2 Å². The van der Waals surface area contributed by atoms with E-state index < -0.39 is 0 Å². The Morgan fingerprint density at radius 2 is 2.14 bits per heavy atom. The van der Waals surface area contributed by atoms with Gasteiger partial charge in [-0.15, -0.1) is 0 Å². The van der Waals surface area contributed by atoms with E-state index in [1.165, 1.54) is 0 Å². The van der Waals surface area contributed by atoms with Crippen LogP contribution in [0.15, 0.2) is 4.52 Å². The largest absolute Gasteiger partial charge is 0.396 e. The van der Waals surface area contributed by atoms with Gasteiger partial charge < -0.3 is 20.3 Å². The van der Waals surface area contributed by atoms with E-state index in [1.54, 1.807) is 0 Å². The van der Waals surface area contributed by atoms with Crippen molar-refractivity contribution < 1.29 is 14.4 Å². The molecule has 0 aliphatic rings. The molecule has 0 fully saturated rings. The van der Waals surface area contributed by atoms with Crippen LogP contribution in [-0.2, 0) is 6.42 Å². The summed E-state index contributed by atoms with van der Waals surface area (Å²) in [6.07, 6.45) is 1.98. The maximum Gasteiger partial charge on any atom is 0.315 e. The highest BCUT2D eigenvalue weighted by Gasteiger charge is 2.24. The molecule has 1 heterocycles. The third-order valence-electron chi connectivity index (χ3n) is 3.93. The number of hydrogen-bond acceptors (Lipinski definition) is 4. The van der Waals surface area contributed by atoms with Crippen molar-refractivity contribution in [2.75, 3.05) is 6.61 Å². The number of nitrogens with one attached hydrogen (secondary N) is 2. The van der Waals surface area contributed by atoms with Crippen LogP contribution in [0.25, 0.3) is 0 Å². The third-order valence-corrected chi connectivity index (χ3v) is 3.93. The second kappa shape index (κ2) is 7.45. The summed E-state index contributed by atoms with van der Waals surface area (Å²) in [5.74, 6) is 0.792. The predicted octanol–water partition coefficient (Wildman–Crippen LogP) is 2.07. The van der Waals surface area contributed by atoms with Gasteiger partial charge in [0.25, 0.3) is 0 Å². The molecule has 0 saturated heterocycles. The van der Waals surface area contributed by atoms with Crippen LogP contribution in [-0.4, -0.2) is 34.5 Å². The van der Waals surface area contributed by atoms with Gasteiger partial charge in [0, 0.05) is 23.8 Å². The zero-order chi connectivity index (χ0) is 16.0. The Morgan fingerprint density at radius 1 is 1.48 bits per heavy atom. The second-order valence-corrected chi connectivity index (χ2v) is 5.89. The molecule has 6 heteroatoms. The zero-order valence-corrected chi connectivity index (χ0v) is 13.6. The first-order chi connectivity index (χ1) is 9.81. The van der Waals surface area contributed by atoms with Crippen LogP contribution in [0.4, 0.5) is 4.79 Å². The number of hydrogen-bond donors (Lipinski definition) is 3. The Kier molecular flexibility index (Phi) is 6.20. The smallest absolute Gasteiger partial charge is 0.315 e. The topological polar surface area (TPSA) is 87.4 Å². The van der Waals surface area contributed by atoms with Crippen molar-refractivity contribution in [3.63, 3.8) is 0 Å². The van der Waals surface area contributed by atoms with Crippen molar-refractivity contribution in [2.24, 2.45) is 0 Å². The first-order valence-electron chi connectivity index (χ1n) is 7.42. The third kappa shape index (κ3) is 5.04. The molecule has 3 N–H and O–H groups in total. The van der Waals surface area contributed by atoms with Gasteiger partial charge in [-0.25, -0.2) is 4.79 Å². The Morgan fingerprint density at radius 3 is 2.62 bits per heavy atom. The number of aryl methyl sites for hydroxylation is 2. The number of carbonyl (C=O) groups excluding carboxylic acids is 1. The van der Waals surface area contributed by atoms with Gasteiger partial charge in [0.05, 0.1) is 5.69 Å². The Labute approximate surface area is 126 Å². The minimum atomic E-state index is -0.387. The summed E-state index contributed by atoms with van der Waals surface area (Å²) >= 11 is 0. The van der Waals surface area contributed by atoms with Crippen LogP contribution in [0.1, 0.15) is 50.6 Å². The lowest BCUT2D eigenvalue weighted by molar-refractivity contribution is 0.199. The summed E-state index contributed by atoms with van der Waals surface area (Å²) in [7, 11) is 0. The number of carbonyl (C=O) groups is 1. The van der Waals surface area contributed by atoms with Crippen molar-refractivity contribution in [2.45, 2.75) is 65.5 Å². The molecule has 1 aromatic rings. The van der Waals surface area contributed by atoms with Gasteiger partial charge in [0.1, 0.15) is 5.76 Å². The van der Waals surface area contributed by atoms with Gasteiger partial charge >= 0.3 is 6.03 Å². The molecule has 1 rings (SSSR count). The minimum absolute atomic E-state index is 0.0305. The quantitative estimate of drug-likeness (QED) is 0.719. The molecule has 1 aromatic heterocycles. The van der Waals surface area contributed by atoms with Crippen molar-refractivity contribution in [3.05, 3.63) is 17.0 Å². The van der Waals surface area contributed by atoms with E-state index in [0.29, 0.717) is 12.8 Å². The Hall–Kier alpha value is -1.56. The summed E-state index contributed by atoms with van der Waals surface area (Å²) in [4.78, 5) is 12.1. The average molecular weight is 297 g/mol. The highest BCUT2D eigenvalue weighted by Crippen LogP contribution is 2.15. The summed E-state index contributed by atoms with van der Waals surface area (Å²) in [5, 5.41) is 18.8. The second-order valence-electron chi connectivity index (χ2n) is 5.89. The van der Waals surface area contributed by atoms with Gasteiger partial charge in [-0.05, 0) is 47.0 Å². The fourth-order valence-corrected chi connectivity index (χ4v) is 2.26. The fraction of sp³-hybridized carbons (Fsp3) is 0.733. The summed E-state index contributed by atoms with van der Waals surface area (Å²) in [5.41, 5.74) is 1.51.